The first-order valence-electron chi connectivity index (χ1n) is 5.86. The molecule has 1 rings (SSSR count). The molecule has 0 aromatic heterocycles. The van der Waals surface area contributed by atoms with E-state index < -0.39 is 28.4 Å². The fourth-order valence-corrected chi connectivity index (χ4v) is 1.60. The Hall–Kier alpha value is -1.56. The molecule has 0 aliphatic rings. The summed E-state index contributed by atoms with van der Waals surface area (Å²) in [5, 5.41) is 20.5. The zero-order valence-corrected chi connectivity index (χ0v) is 11.1. The number of hydrogen-bond acceptors (Lipinski definition) is 3. The molecule has 106 valence electrons. The molecule has 1 aromatic carbocycles. The highest BCUT2D eigenvalue weighted by Gasteiger charge is 2.25. The zero-order chi connectivity index (χ0) is 14.8. The summed E-state index contributed by atoms with van der Waals surface area (Å²) in [6.45, 7) is 5.39. The van der Waals surface area contributed by atoms with Crippen LogP contribution in [-0.4, -0.2) is 16.1 Å². The van der Waals surface area contributed by atoms with Gasteiger partial charge in [0.05, 0.1) is 11.0 Å². The van der Waals surface area contributed by atoms with E-state index in [0.717, 1.165) is 6.07 Å². The summed E-state index contributed by atoms with van der Waals surface area (Å²) in [5.74, 6) is 0. The molecule has 0 amide bonds. The van der Waals surface area contributed by atoms with Crippen molar-refractivity contribution < 1.29 is 18.8 Å². The summed E-state index contributed by atoms with van der Waals surface area (Å²) in [4.78, 5) is 9.87. The van der Waals surface area contributed by atoms with Gasteiger partial charge in [0.2, 0.25) is 0 Å². The summed E-state index contributed by atoms with van der Waals surface area (Å²) >= 11 is 0. The Balaban J connectivity index is 3.11. The van der Waals surface area contributed by atoms with E-state index in [4.69, 9.17) is 0 Å². The van der Waals surface area contributed by atoms with Crippen molar-refractivity contribution >= 4 is 5.69 Å². The maximum atomic E-state index is 12.9. The van der Waals surface area contributed by atoms with Gasteiger partial charge in [-0.15, -0.1) is 0 Å². The average Bonchev–Trinajstić information content (AvgIpc) is 2.27. The first-order chi connectivity index (χ1) is 8.62. The standard InChI is InChI=1S/C13H17F2NO3/c1-13(2,3)11(17)6-8-4-5-9(16(18)19)7-10(8)12(14)15/h4-5,7,11-12,17H,6H2,1-3H3. The number of benzene rings is 1. The van der Waals surface area contributed by atoms with Crippen molar-refractivity contribution in [1.29, 1.82) is 0 Å². The second kappa shape index (κ2) is 5.61. The zero-order valence-electron chi connectivity index (χ0n) is 11.1. The van der Waals surface area contributed by atoms with Crippen molar-refractivity contribution in [2.24, 2.45) is 5.41 Å². The van der Waals surface area contributed by atoms with E-state index in [9.17, 15) is 24.0 Å². The largest absolute Gasteiger partial charge is 0.392 e. The van der Waals surface area contributed by atoms with Crippen molar-refractivity contribution in [2.75, 3.05) is 0 Å². The predicted octanol–water partition coefficient (Wildman–Crippen LogP) is 3.48. The SMILES string of the molecule is CC(C)(C)C(O)Cc1ccc([N+](=O)[O-])cc1C(F)F. The van der Waals surface area contributed by atoms with Crippen molar-refractivity contribution in [1.82, 2.24) is 0 Å². The number of nitro benzene ring substituents is 1. The van der Waals surface area contributed by atoms with Crippen LogP contribution in [0.3, 0.4) is 0 Å². The Kier molecular flexibility index (Phi) is 4.57. The molecule has 0 aliphatic heterocycles. The number of non-ortho nitro benzene ring substituents is 1. The lowest BCUT2D eigenvalue weighted by Gasteiger charge is -2.26. The van der Waals surface area contributed by atoms with Crippen LogP contribution in [0.4, 0.5) is 14.5 Å². The van der Waals surface area contributed by atoms with Crippen molar-refractivity contribution in [2.45, 2.75) is 39.7 Å². The van der Waals surface area contributed by atoms with Gasteiger partial charge >= 0.3 is 0 Å². The highest BCUT2D eigenvalue weighted by molar-refractivity contribution is 5.41. The average molecular weight is 273 g/mol. The van der Waals surface area contributed by atoms with Crippen LogP contribution >= 0.6 is 0 Å². The van der Waals surface area contributed by atoms with E-state index in [1.165, 1.54) is 12.1 Å². The van der Waals surface area contributed by atoms with Crippen molar-refractivity contribution in [3.63, 3.8) is 0 Å². The Morgan fingerprint density at radius 3 is 2.37 bits per heavy atom. The van der Waals surface area contributed by atoms with Gasteiger partial charge in [0, 0.05) is 17.7 Å². The van der Waals surface area contributed by atoms with E-state index in [0.29, 0.717) is 0 Å². The predicted molar refractivity (Wildman–Crippen MR) is 67.2 cm³/mol. The molecule has 0 bridgehead atoms. The van der Waals surface area contributed by atoms with Gasteiger partial charge < -0.3 is 5.11 Å². The summed E-state index contributed by atoms with van der Waals surface area (Å²) in [6.07, 6.45) is -3.56. The second-order valence-corrected chi connectivity index (χ2v) is 5.53. The lowest BCUT2D eigenvalue weighted by atomic mass is 9.84. The van der Waals surface area contributed by atoms with Crippen LogP contribution in [0.25, 0.3) is 0 Å². The highest BCUT2D eigenvalue weighted by Crippen LogP contribution is 2.30. The van der Waals surface area contributed by atoms with Crippen LogP contribution in [0.5, 0.6) is 0 Å². The number of aliphatic hydroxyl groups excluding tert-OH is 1. The summed E-state index contributed by atoms with van der Waals surface area (Å²) in [6, 6.07) is 3.33. The number of aliphatic hydroxyl groups is 1. The van der Waals surface area contributed by atoms with E-state index in [2.05, 4.69) is 0 Å². The third-order valence-corrected chi connectivity index (χ3v) is 2.99. The van der Waals surface area contributed by atoms with E-state index in [1.807, 2.05) is 0 Å². The molecule has 0 spiro atoms. The maximum Gasteiger partial charge on any atom is 0.269 e. The molecule has 0 aliphatic carbocycles. The normalized spacial score (nSPS) is 13.6. The van der Waals surface area contributed by atoms with Crippen LogP contribution in [0.1, 0.15) is 38.3 Å². The van der Waals surface area contributed by atoms with Gasteiger partial charge in [0.15, 0.2) is 0 Å². The van der Waals surface area contributed by atoms with E-state index >= 15 is 0 Å². The van der Waals surface area contributed by atoms with Crippen LogP contribution in [0, 0.1) is 15.5 Å². The van der Waals surface area contributed by atoms with Crippen molar-refractivity contribution in [3.8, 4) is 0 Å². The second-order valence-electron chi connectivity index (χ2n) is 5.53. The molecular formula is C13H17F2NO3. The number of rotatable bonds is 4. The minimum absolute atomic E-state index is 0.0428. The molecule has 1 N–H and O–H groups in total. The summed E-state index contributed by atoms with van der Waals surface area (Å²) in [7, 11) is 0. The highest BCUT2D eigenvalue weighted by atomic mass is 19.3. The van der Waals surface area contributed by atoms with Gasteiger partial charge in [0.25, 0.3) is 12.1 Å². The Morgan fingerprint density at radius 1 is 1.37 bits per heavy atom. The monoisotopic (exact) mass is 273 g/mol. The molecule has 0 saturated carbocycles. The third-order valence-electron chi connectivity index (χ3n) is 2.99. The van der Waals surface area contributed by atoms with Gasteiger partial charge in [-0.05, 0) is 17.4 Å². The first kappa shape index (κ1) is 15.5. The Bertz CT molecular complexity index is 469. The fourth-order valence-electron chi connectivity index (χ4n) is 1.60. The lowest BCUT2D eigenvalue weighted by Crippen LogP contribution is -2.28. The fraction of sp³-hybridized carbons (Fsp3) is 0.538. The lowest BCUT2D eigenvalue weighted by molar-refractivity contribution is -0.385. The molecule has 0 saturated heterocycles. The molecule has 19 heavy (non-hydrogen) atoms. The smallest absolute Gasteiger partial charge is 0.269 e. The maximum absolute atomic E-state index is 12.9. The van der Waals surface area contributed by atoms with Gasteiger partial charge in [-0.3, -0.25) is 10.1 Å². The molecule has 1 aromatic rings. The van der Waals surface area contributed by atoms with Gasteiger partial charge in [0.1, 0.15) is 0 Å². The van der Waals surface area contributed by atoms with Gasteiger partial charge in [-0.25, -0.2) is 8.78 Å². The molecule has 6 heteroatoms. The van der Waals surface area contributed by atoms with Gasteiger partial charge in [-0.2, -0.15) is 0 Å². The molecule has 1 atom stereocenters. The molecular weight excluding hydrogens is 256 g/mol. The third kappa shape index (κ3) is 3.96. The molecule has 0 radical (unpaired) electrons. The molecule has 0 fully saturated rings. The molecule has 1 unspecified atom stereocenters. The van der Waals surface area contributed by atoms with Crippen LogP contribution in [-0.2, 0) is 6.42 Å². The number of nitro groups is 1. The molecule has 4 nitrogen and oxygen atoms in total. The van der Waals surface area contributed by atoms with Crippen LogP contribution < -0.4 is 0 Å². The molecule has 0 heterocycles. The van der Waals surface area contributed by atoms with Crippen LogP contribution in [0.2, 0.25) is 0 Å². The first-order valence-corrected chi connectivity index (χ1v) is 5.86. The Morgan fingerprint density at radius 2 is 1.95 bits per heavy atom. The summed E-state index contributed by atoms with van der Waals surface area (Å²) < 4.78 is 25.8. The van der Waals surface area contributed by atoms with Crippen LogP contribution in [0.15, 0.2) is 18.2 Å². The summed E-state index contributed by atoms with van der Waals surface area (Å²) in [5.41, 5.74) is -0.967. The van der Waals surface area contributed by atoms with E-state index in [-0.39, 0.29) is 17.7 Å². The quantitative estimate of drug-likeness (QED) is 0.674. The minimum Gasteiger partial charge on any atom is -0.392 e. The number of alkyl halides is 2. The minimum atomic E-state index is -2.80. The number of halogens is 2. The number of nitrogens with zero attached hydrogens (tertiary/aromatic N) is 1. The van der Waals surface area contributed by atoms with E-state index in [1.54, 1.807) is 20.8 Å². The topological polar surface area (TPSA) is 63.4 Å². The van der Waals surface area contributed by atoms with Crippen molar-refractivity contribution in [3.05, 3.63) is 39.4 Å². The van der Waals surface area contributed by atoms with Gasteiger partial charge in [-0.1, -0.05) is 26.8 Å². The Labute approximate surface area is 110 Å². The number of hydrogen-bond donors (Lipinski definition) is 1.